The smallest absolute Gasteiger partial charge is 0.133 e. The summed E-state index contributed by atoms with van der Waals surface area (Å²) in [4.78, 5) is 10.1. The quantitative estimate of drug-likeness (QED) is 0.478. The van der Waals surface area contributed by atoms with Crippen molar-refractivity contribution in [3.63, 3.8) is 0 Å². The SMILES string of the molecule is NC(O)c1cccc2c1CCN2c1cc(Cc2cccc3[nH]ccc23)ccn1. The molecule has 0 radical (unpaired) electrons. The van der Waals surface area contributed by atoms with E-state index in [1.807, 2.05) is 24.5 Å². The second-order valence-corrected chi connectivity index (χ2v) is 7.25. The molecule has 4 N–H and O–H groups in total. The lowest BCUT2D eigenvalue weighted by Gasteiger charge is -2.20. The standard InChI is InChI=1S/C23H22N4O/c24-23(28)19-4-2-6-21-18(19)9-12-27(21)22-14-15(7-10-26-22)13-16-3-1-5-20-17(16)8-11-25-20/h1-8,10-11,14,23,25,28H,9,12-13,24H2. The molecule has 5 nitrogen and oxygen atoms in total. The van der Waals surface area contributed by atoms with E-state index in [2.05, 4.69) is 57.3 Å². The van der Waals surface area contributed by atoms with Crippen molar-refractivity contribution in [1.29, 1.82) is 0 Å². The van der Waals surface area contributed by atoms with Crippen LogP contribution in [0.2, 0.25) is 0 Å². The van der Waals surface area contributed by atoms with Crippen molar-refractivity contribution in [2.24, 2.45) is 5.73 Å². The van der Waals surface area contributed by atoms with E-state index in [1.54, 1.807) is 0 Å². The molecule has 0 bridgehead atoms. The van der Waals surface area contributed by atoms with Crippen molar-refractivity contribution in [2.45, 2.75) is 19.1 Å². The number of nitrogens with zero attached hydrogens (tertiary/aromatic N) is 2. The van der Waals surface area contributed by atoms with E-state index >= 15 is 0 Å². The summed E-state index contributed by atoms with van der Waals surface area (Å²) < 4.78 is 0. The second kappa shape index (κ2) is 6.78. The first-order valence-corrected chi connectivity index (χ1v) is 9.53. The van der Waals surface area contributed by atoms with Gasteiger partial charge in [0.05, 0.1) is 0 Å². The van der Waals surface area contributed by atoms with Crippen molar-refractivity contribution in [1.82, 2.24) is 9.97 Å². The Hall–Kier alpha value is -3.15. The molecule has 1 unspecified atom stereocenters. The average Bonchev–Trinajstić information content (AvgIpc) is 3.35. The van der Waals surface area contributed by atoms with Crippen LogP contribution in [0.15, 0.2) is 67.0 Å². The number of benzene rings is 2. The van der Waals surface area contributed by atoms with E-state index < -0.39 is 6.23 Å². The number of rotatable bonds is 4. The Bertz CT molecular complexity index is 1150. The van der Waals surface area contributed by atoms with Crippen LogP contribution in [0.25, 0.3) is 10.9 Å². The highest BCUT2D eigenvalue weighted by molar-refractivity contribution is 5.83. The van der Waals surface area contributed by atoms with Crippen molar-refractivity contribution in [3.05, 3.63) is 89.2 Å². The zero-order valence-electron chi connectivity index (χ0n) is 15.5. The van der Waals surface area contributed by atoms with E-state index in [0.717, 1.165) is 47.5 Å². The maximum atomic E-state index is 9.86. The normalized spacial score (nSPS) is 14.4. The van der Waals surface area contributed by atoms with Crippen LogP contribution in [-0.2, 0) is 12.8 Å². The van der Waals surface area contributed by atoms with Crippen LogP contribution in [0, 0.1) is 0 Å². The summed E-state index contributed by atoms with van der Waals surface area (Å²) in [7, 11) is 0. The first-order chi connectivity index (χ1) is 13.7. The van der Waals surface area contributed by atoms with E-state index in [9.17, 15) is 5.11 Å². The first-order valence-electron chi connectivity index (χ1n) is 9.53. The van der Waals surface area contributed by atoms with E-state index in [-0.39, 0.29) is 0 Å². The molecule has 0 saturated carbocycles. The average molecular weight is 370 g/mol. The van der Waals surface area contributed by atoms with E-state index in [1.165, 1.54) is 16.5 Å². The minimum atomic E-state index is -0.948. The number of H-pyrrole nitrogens is 1. The minimum Gasteiger partial charge on any atom is -0.375 e. The molecule has 3 heterocycles. The lowest BCUT2D eigenvalue weighted by Crippen LogP contribution is -2.15. The number of aromatic nitrogens is 2. The third-order valence-corrected chi connectivity index (χ3v) is 5.55. The largest absolute Gasteiger partial charge is 0.375 e. The monoisotopic (exact) mass is 370 g/mol. The van der Waals surface area contributed by atoms with Crippen LogP contribution in [-0.4, -0.2) is 21.6 Å². The van der Waals surface area contributed by atoms with Gasteiger partial charge in [-0.15, -0.1) is 0 Å². The molecule has 0 fully saturated rings. The van der Waals surface area contributed by atoms with Gasteiger partial charge in [-0.05, 0) is 59.9 Å². The number of anilines is 2. The first kappa shape index (κ1) is 17.0. The van der Waals surface area contributed by atoms with Gasteiger partial charge in [0.2, 0.25) is 0 Å². The predicted octanol–water partition coefficient (Wildman–Crippen LogP) is 3.80. The van der Waals surface area contributed by atoms with Crippen LogP contribution >= 0.6 is 0 Å². The van der Waals surface area contributed by atoms with Crippen LogP contribution in [0.4, 0.5) is 11.5 Å². The molecular formula is C23H22N4O. The maximum Gasteiger partial charge on any atom is 0.133 e. The van der Waals surface area contributed by atoms with Crippen molar-refractivity contribution in [2.75, 3.05) is 11.4 Å². The number of hydrogen-bond acceptors (Lipinski definition) is 4. The molecule has 4 aromatic rings. The predicted molar refractivity (Wildman–Crippen MR) is 112 cm³/mol. The molecule has 1 aliphatic heterocycles. The number of aromatic amines is 1. The number of aliphatic hydroxyl groups is 1. The Balaban J connectivity index is 1.48. The zero-order valence-corrected chi connectivity index (χ0v) is 15.5. The molecule has 0 amide bonds. The maximum absolute atomic E-state index is 9.86. The van der Waals surface area contributed by atoms with Gasteiger partial charge in [0.25, 0.3) is 0 Å². The topological polar surface area (TPSA) is 78.2 Å². The molecule has 5 heteroatoms. The molecule has 28 heavy (non-hydrogen) atoms. The van der Waals surface area contributed by atoms with Gasteiger partial charge in [0.1, 0.15) is 12.0 Å². The van der Waals surface area contributed by atoms with Crippen molar-refractivity contribution in [3.8, 4) is 0 Å². The number of pyridine rings is 1. The lowest BCUT2D eigenvalue weighted by molar-refractivity contribution is 0.185. The van der Waals surface area contributed by atoms with E-state index in [0.29, 0.717) is 0 Å². The fraction of sp³-hybridized carbons (Fsp3) is 0.174. The van der Waals surface area contributed by atoms with Crippen LogP contribution in [0.3, 0.4) is 0 Å². The van der Waals surface area contributed by atoms with Crippen LogP contribution in [0.5, 0.6) is 0 Å². The summed E-state index contributed by atoms with van der Waals surface area (Å²) in [5.74, 6) is 0.932. The van der Waals surface area contributed by atoms with Gasteiger partial charge >= 0.3 is 0 Å². The number of aliphatic hydroxyl groups excluding tert-OH is 1. The van der Waals surface area contributed by atoms with Gasteiger partial charge in [-0.2, -0.15) is 0 Å². The third kappa shape index (κ3) is 2.85. The van der Waals surface area contributed by atoms with Gasteiger partial charge in [-0.25, -0.2) is 4.98 Å². The zero-order chi connectivity index (χ0) is 19.1. The summed E-state index contributed by atoms with van der Waals surface area (Å²) in [6.07, 6.45) is 4.62. The van der Waals surface area contributed by atoms with Gasteiger partial charge in [-0.1, -0.05) is 24.3 Å². The minimum absolute atomic E-state index is 0.801. The Morgan fingerprint density at radius 1 is 1.14 bits per heavy atom. The van der Waals surface area contributed by atoms with Crippen LogP contribution < -0.4 is 10.6 Å². The Kier molecular flexibility index (Phi) is 4.11. The van der Waals surface area contributed by atoms with Crippen molar-refractivity contribution < 1.29 is 5.11 Å². The molecular weight excluding hydrogens is 348 g/mol. The second-order valence-electron chi connectivity index (χ2n) is 7.25. The molecule has 1 atom stereocenters. The van der Waals surface area contributed by atoms with Gasteiger partial charge in [0.15, 0.2) is 0 Å². The molecule has 5 rings (SSSR count). The number of nitrogens with two attached hydrogens (primary N) is 1. The molecule has 2 aromatic heterocycles. The number of fused-ring (bicyclic) bond motifs is 2. The van der Waals surface area contributed by atoms with Gasteiger partial charge < -0.3 is 20.7 Å². The highest BCUT2D eigenvalue weighted by Gasteiger charge is 2.25. The van der Waals surface area contributed by atoms with Crippen LogP contribution in [0.1, 0.15) is 28.5 Å². The Labute approximate surface area is 163 Å². The van der Waals surface area contributed by atoms with E-state index in [4.69, 9.17) is 5.73 Å². The molecule has 0 saturated heterocycles. The fourth-order valence-electron chi connectivity index (χ4n) is 4.22. The summed E-state index contributed by atoms with van der Waals surface area (Å²) in [5.41, 5.74) is 12.4. The summed E-state index contributed by atoms with van der Waals surface area (Å²) >= 11 is 0. The summed E-state index contributed by atoms with van der Waals surface area (Å²) in [5, 5.41) is 11.1. The number of hydrogen-bond donors (Lipinski definition) is 3. The number of nitrogens with one attached hydrogen (secondary N) is 1. The highest BCUT2D eigenvalue weighted by atomic mass is 16.3. The molecule has 0 spiro atoms. The Morgan fingerprint density at radius 2 is 2.04 bits per heavy atom. The summed E-state index contributed by atoms with van der Waals surface area (Å²) in [6, 6.07) is 18.6. The molecule has 1 aliphatic rings. The highest BCUT2D eigenvalue weighted by Crippen LogP contribution is 2.37. The van der Waals surface area contributed by atoms with Crippen molar-refractivity contribution >= 4 is 22.4 Å². The molecule has 140 valence electrons. The molecule has 0 aliphatic carbocycles. The fourth-order valence-corrected chi connectivity index (χ4v) is 4.22. The Morgan fingerprint density at radius 3 is 2.93 bits per heavy atom. The van der Waals surface area contributed by atoms with Gasteiger partial charge in [0, 0.05) is 41.1 Å². The van der Waals surface area contributed by atoms with Gasteiger partial charge in [-0.3, -0.25) is 0 Å². The summed E-state index contributed by atoms with van der Waals surface area (Å²) in [6.45, 7) is 0.836. The lowest BCUT2D eigenvalue weighted by atomic mass is 10.0. The third-order valence-electron chi connectivity index (χ3n) is 5.55. The molecule has 2 aromatic carbocycles.